The lowest BCUT2D eigenvalue weighted by atomic mass is 9.86. The second-order valence-corrected chi connectivity index (χ2v) is 9.11. The third-order valence-corrected chi connectivity index (χ3v) is 6.02. The van der Waals surface area contributed by atoms with Crippen molar-refractivity contribution >= 4 is 23.2 Å². The lowest BCUT2D eigenvalue weighted by Gasteiger charge is -2.35. The number of hydrogen-bond acceptors (Lipinski definition) is 3. The van der Waals surface area contributed by atoms with Gasteiger partial charge in [-0.25, -0.2) is 0 Å². The number of hydrogen-bond donors (Lipinski definition) is 0. The minimum Gasteiger partial charge on any atom is -0.339 e. The van der Waals surface area contributed by atoms with Gasteiger partial charge in [-0.1, -0.05) is 39.0 Å². The molecule has 1 aliphatic heterocycles. The zero-order chi connectivity index (χ0) is 19.4. The van der Waals surface area contributed by atoms with Crippen LogP contribution in [0.3, 0.4) is 0 Å². The van der Waals surface area contributed by atoms with E-state index in [-0.39, 0.29) is 17.2 Å². The van der Waals surface area contributed by atoms with E-state index in [1.807, 2.05) is 45.5 Å². The SMILES string of the molecule is CC(C)(C)c1ccc(C(=O)N2CCN(C(=O)CCc3cccs3)CC2)cc1. The second-order valence-electron chi connectivity index (χ2n) is 8.08. The zero-order valence-corrected chi connectivity index (χ0v) is 17.2. The van der Waals surface area contributed by atoms with Crippen LogP contribution < -0.4 is 0 Å². The smallest absolute Gasteiger partial charge is 0.253 e. The molecule has 1 aliphatic rings. The molecule has 0 unspecified atom stereocenters. The fourth-order valence-electron chi connectivity index (χ4n) is 3.30. The lowest BCUT2D eigenvalue weighted by molar-refractivity contribution is -0.132. The molecular formula is C22H28N2O2S. The first-order valence-corrected chi connectivity index (χ1v) is 10.4. The van der Waals surface area contributed by atoms with E-state index in [2.05, 4.69) is 26.8 Å². The monoisotopic (exact) mass is 384 g/mol. The maximum Gasteiger partial charge on any atom is 0.253 e. The molecule has 2 heterocycles. The largest absolute Gasteiger partial charge is 0.339 e. The standard InChI is InChI=1S/C22H28N2O2S/c1-22(2,3)18-8-6-17(7-9-18)21(26)24-14-12-23(13-15-24)20(25)11-10-19-5-4-16-27-19/h4-9,16H,10-15H2,1-3H3. The van der Waals surface area contributed by atoms with Crippen molar-refractivity contribution in [1.82, 2.24) is 9.80 Å². The van der Waals surface area contributed by atoms with E-state index in [1.165, 1.54) is 10.4 Å². The van der Waals surface area contributed by atoms with Gasteiger partial charge in [0.25, 0.3) is 5.91 Å². The number of piperazine rings is 1. The van der Waals surface area contributed by atoms with Crippen molar-refractivity contribution in [2.24, 2.45) is 0 Å². The molecule has 144 valence electrons. The fourth-order valence-corrected chi connectivity index (χ4v) is 4.01. The molecule has 3 rings (SSSR count). The molecule has 0 bridgehead atoms. The van der Waals surface area contributed by atoms with Gasteiger partial charge in [0.15, 0.2) is 0 Å². The fraction of sp³-hybridized carbons (Fsp3) is 0.455. The first kappa shape index (κ1) is 19.6. The van der Waals surface area contributed by atoms with Crippen LogP contribution in [0.1, 0.15) is 48.0 Å². The Morgan fingerprint density at radius 2 is 1.59 bits per heavy atom. The van der Waals surface area contributed by atoms with Crippen molar-refractivity contribution in [2.75, 3.05) is 26.2 Å². The Morgan fingerprint density at radius 3 is 2.15 bits per heavy atom. The van der Waals surface area contributed by atoms with Crippen LogP contribution in [-0.2, 0) is 16.6 Å². The molecule has 1 saturated heterocycles. The highest BCUT2D eigenvalue weighted by molar-refractivity contribution is 7.09. The molecule has 4 nitrogen and oxygen atoms in total. The van der Waals surface area contributed by atoms with E-state index < -0.39 is 0 Å². The Labute approximate surface area is 165 Å². The average molecular weight is 385 g/mol. The molecule has 2 amide bonds. The summed E-state index contributed by atoms with van der Waals surface area (Å²) in [4.78, 5) is 30.1. The normalized spacial score (nSPS) is 15.1. The maximum atomic E-state index is 12.7. The first-order chi connectivity index (χ1) is 12.8. The van der Waals surface area contributed by atoms with Crippen LogP contribution in [0.15, 0.2) is 41.8 Å². The van der Waals surface area contributed by atoms with Gasteiger partial charge in [-0.05, 0) is 41.0 Å². The molecule has 5 heteroatoms. The van der Waals surface area contributed by atoms with Crippen LogP contribution in [0.4, 0.5) is 0 Å². The molecule has 27 heavy (non-hydrogen) atoms. The highest BCUT2D eigenvalue weighted by Gasteiger charge is 2.25. The number of carbonyl (C=O) groups is 2. The van der Waals surface area contributed by atoms with E-state index in [9.17, 15) is 9.59 Å². The van der Waals surface area contributed by atoms with E-state index in [4.69, 9.17) is 0 Å². The summed E-state index contributed by atoms with van der Waals surface area (Å²) in [5.74, 6) is 0.242. The van der Waals surface area contributed by atoms with Crippen molar-refractivity contribution in [3.05, 3.63) is 57.8 Å². The third-order valence-electron chi connectivity index (χ3n) is 5.08. The molecule has 0 saturated carbocycles. The predicted octanol–water partition coefficient (Wildman–Crippen LogP) is 3.96. The second kappa shape index (κ2) is 8.26. The van der Waals surface area contributed by atoms with E-state index in [0.717, 1.165) is 12.0 Å². The summed E-state index contributed by atoms with van der Waals surface area (Å²) in [6.07, 6.45) is 1.35. The summed E-state index contributed by atoms with van der Waals surface area (Å²) in [6, 6.07) is 12.0. The van der Waals surface area contributed by atoms with Gasteiger partial charge in [0.2, 0.25) is 5.91 Å². The van der Waals surface area contributed by atoms with Gasteiger partial charge in [-0.15, -0.1) is 11.3 Å². The molecule has 0 atom stereocenters. The highest BCUT2D eigenvalue weighted by atomic mass is 32.1. The number of aryl methyl sites for hydroxylation is 1. The average Bonchev–Trinajstić information content (AvgIpc) is 3.19. The van der Waals surface area contributed by atoms with Gasteiger partial charge in [-0.2, -0.15) is 0 Å². The Kier molecular flexibility index (Phi) is 6.00. The maximum absolute atomic E-state index is 12.7. The van der Waals surface area contributed by atoms with Crippen molar-refractivity contribution in [2.45, 2.75) is 39.0 Å². The summed E-state index contributed by atoms with van der Waals surface area (Å²) in [6.45, 7) is 8.94. The number of nitrogens with zero attached hydrogens (tertiary/aromatic N) is 2. The van der Waals surface area contributed by atoms with Crippen molar-refractivity contribution in [3.63, 3.8) is 0 Å². The predicted molar refractivity (Wildman–Crippen MR) is 110 cm³/mol. The number of rotatable bonds is 4. The Morgan fingerprint density at radius 1 is 0.963 bits per heavy atom. The molecule has 0 aliphatic carbocycles. The minimum atomic E-state index is 0.0566. The number of benzene rings is 1. The van der Waals surface area contributed by atoms with Crippen LogP contribution in [-0.4, -0.2) is 47.8 Å². The Hall–Kier alpha value is -2.14. The molecular weight excluding hydrogens is 356 g/mol. The minimum absolute atomic E-state index is 0.0566. The van der Waals surface area contributed by atoms with Gasteiger partial charge >= 0.3 is 0 Å². The molecule has 2 aromatic rings. The zero-order valence-electron chi connectivity index (χ0n) is 16.4. The molecule has 0 spiro atoms. The van der Waals surface area contributed by atoms with Crippen LogP contribution in [0.5, 0.6) is 0 Å². The third kappa shape index (κ3) is 4.98. The topological polar surface area (TPSA) is 40.6 Å². The summed E-state index contributed by atoms with van der Waals surface area (Å²) in [7, 11) is 0. The van der Waals surface area contributed by atoms with E-state index >= 15 is 0 Å². The van der Waals surface area contributed by atoms with Crippen LogP contribution >= 0.6 is 11.3 Å². The van der Waals surface area contributed by atoms with E-state index in [0.29, 0.717) is 32.6 Å². The quantitative estimate of drug-likeness (QED) is 0.800. The summed E-state index contributed by atoms with van der Waals surface area (Å²) in [5.41, 5.74) is 2.03. The summed E-state index contributed by atoms with van der Waals surface area (Å²) < 4.78 is 0. The van der Waals surface area contributed by atoms with Crippen molar-refractivity contribution in [1.29, 1.82) is 0 Å². The molecule has 1 aromatic carbocycles. The van der Waals surface area contributed by atoms with Gasteiger partial charge in [-0.3, -0.25) is 9.59 Å². The van der Waals surface area contributed by atoms with Gasteiger partial charge in [0, 0.05) is 43.0 Å². The Balaban J connectivity index is 1.51. The van der Waals surface area contributed by atoms with Gasteiger partial charge in [0.05, 0.1) is 0 Å². The number of carbonyl (C=O) groups excluding carboxylic acids is 2. The van der Waals surface area contributed by atoms with Crippen molar-refractivity contribution < 1.29 is 9.59 Å². The molecule has 1 aromatic heterocycles. The number of thiophene rings is 1. The molecule has 0 N–H and O–H groups in total. The van der Waals surface area contributed by atoms with E-state index in [1.54, 1.807) is 11.3 Å². The number of amides is 2. The first-order valence-electron chi connectivity index (χ1n) is 9.54. The summed E-state index contributed by atoms with van der Waals surface area (Å²) >= 11 is 1.69. The van der Waals surface area contributed by atoms with Gasteiger partial charge < -0.3 is 9.80 Å². The molecule has 1 fully saturated rings. The lowest BCUT2D eigenvalue weighted by Crippen LogP contribution is -2.50. The van der Waals surface area contributed by atoms with Gasteiger partial charge in [0.1, 0.15) is 0 Å². The van der Waals surface area contributed by atoms with Crippen LogP contribution in [0.25, 0.3) is 0 Å². The highest BCUT2D eigenvalue weighted by Crippen LogP contribution is 2.22. The Bertz CT molecular complexity index is 768. The van der Waals surface area contributed by atoms with Crippen molar-refractivity contribution in [3.8, 4) is 0 Å². The molecule has 0 radical (unpaired) electrons. The van der Waals surface area contributed by atoms with Crippen LogP contribution in [0.2, 0.25) is 0 Å². The van der Waals surface area contributed by atoms with Crippen LogP contribution in [0, 0.1) is 0 Å². The summed E-state index contributed by atoms with van der Waals surface area (Å²) in [5, 5.41) is 2.04.